The standard InChI is InChI=1S/C13H24N2O2/c1-4-15(5-2)13(16)11(3)14-10-12-8-6-7-9-17-12/h7,9,11-12,14H,4-6,8,10H2,1-3H3. The van der Waals surface area contributed by atoms with Crippen molar-refractivity contribution >= 4 is 5.91 Å². The summed E-state index contributed by atoms with van der Waals surface area (Å²) in [6.45, 7) is 8.19. The molecule has 1 heterocycles. The van der Waals surface area contributed by atoms with Crippen molar-refractivity contribution in [2.45, 2.75) is 45.8 Å². The highest BCUT2D eigenvalue weighted by Gasteiger charge is 2.19. The smallest absolute Gasteiger partial charge is 0.239 e. The lowest BCUT2D eigenvalue weighted by Crippen LogP contribution is -2.47. The Labute approximate surface area is 104 Å². The van der Waals surface area contributed by atoms with E-state index in [1.807, 2.05) is 31.7 Å². The highest BCUT2D eigenvalue weighted by molar-refractivity contribution is 5.81. The lowest BCUT2D eigenvalue weighted by Gasteiger charge is -2.26. The Morgan fingerprint density at radius 2 is 2.24 bits per heavy atom. The van der Waals surface area contributed by atoms with Crippen LogP contribution >= 0.6 is 0 Å². The van der Waals surface area contributed by atoms with Crippen LogP contribution in [0.25, 0.3) is 0 Å². The number of carbonyl (C=O) groups excluding carboxylic acids is 1. The maximum atomic E-state index is 12.0. The summed E-state index contributed by atoms with van der Waals surface area (Å²) in [5, 5.41) is 3.25. The van der Waals surface area contributed by atoms with Gasteiger partial charge in [0.05, 0.1) is 12.3 Å². The fraction of sp³-hybridized carbons (Fsp3) is 0.769. The second-order valence-electron chi connectivity index (χ2n) is 4.35. The Morgan fingerprint density at radius 3 is 2.76 bits per heavy atom. The molecular weight excluding hydrogens is 216 g/mol. The Bertz CT molecular complexity index is 262. The van der Waals surface area contributed by atoms with Gasteiger partial charge in [0.2, 0.25) is 5.91 Å². The van der Waals surface area contributed by atoms with E-state index in [-0.39, 0.29) is 18.1 Å². The van der Waals surface area contributed by atoms with Gasteiger partial charge in [0.15, 0.2) is 0 Å². The molecule has 0 aromatic rings. The topological polar surface area (TPSA) is 41.6 Å². The number of amides is 1. The van der Waals surface area contributed by atoms with Crippen LogP contribution in [0.3, 0.4) is 0 Å². The van der Waals surface area contributed by atoms with E-state index in [0.29, 0.717) is 0 Å². The summed E-state index contributed by atoms with van der Waals surface area (Å²) in [4.78, 5) is 13.8. The number of nitrogens with zero attached hydrogens (tertiary/aromatic N) is 1. The summed E-state index contributed by atoms with van der Waals surface area (Å²) in [5.41, 5.74) is 0. The van der Waals surface area contributed by atoms with E-state index in [9.17, 15) is 4.79 Å². The third-order valence-corrected chi connectivity index (χ3v) is 3.12. The maximum Gasteiger partial charge on any atom is 0.239 e. The molecule has 4 nitrogen and oxygen atoms in total. The van der Waals surface area contributed by atoms with E-state index in [2.05, 4.69) is 5.32 Å². The van der Waals surface area contributed by atoms with Crippen LogP contribution in [0.5, 0.6) is 0 Å². The highest BCUT2D eigenvalue weighted by Crippen LogP contribution is 2.09. The third kappa shape index (κ3) is 4.38. The molecule has 4 heteroatoms. The van der Waals surface area contributed by atoms with Crippen LogP contribution in [0.15, 0.2) is 12.3 Å². The minimum atomic E-state index is -0.135. The van der Waals surface area contributed by atoms with Crippen molar-refractivity contribution in [1.29, 1.82) is 0 Å². The normalized spacial score (nSPS) is 20.8. The molecule has 2 unspecified atom stereocenters. The van der Waals surface area contributed by atoms with Gasteiger partial charge in [-0.25, -0.2) is 0 Å². The number of allylic oxidation sites excluding steroid dienone is 1. The zero-order valence-electron chi connectivity index (χ0n) is 11.1. The Morgan fingerprint density at radius 1 is 1.53 bits per heavy atom. The molecule has 0 fully saturated rings. The molecule has 0 spiro atoms. The van der Waals surface area contributed by atoms with Gasteiger partial charge in [-0.1, -0.05) is 0 Å². The molecule has 17 heavy (non-hydrogen) atoms. The lowest BCUT2D eigenvalue weighted by atomic mass is 10.1. The average molecular weight is 240 g/mol. The molecule has 0 aromatic carbocycles. The summed E-state index contributed by atoms with van der Waals surface area (Å²) in [7, 11) is 0. The molecule has 0 radical (unpaired) electrons. The average Bonchev–Trinajstić information content (AvgIpc) is 2.38. The van der Waals surface area contributed by atoms with Crippen molar-refractivity contribution in [3.63, 3.8) is 0 Å². The van der Waals surface area contributed by atoms with Crippen LogP contribution in [0.4, 0.5) is 0 Å². The summed E-state index contributed by atoms with van der Waals surface area (Å²) in [5.74, 6) is 0.168. The van der Waals surface area contributed by atoms with E-state index in [4.69, 9.17) is 4.74 Å². The second kappa shape index (κ2) is 7.33. The van der Waals surface area contributed by atoms with Crippen LogP contribution < -0.4 is 5.32 Å². The number of rotatable bonds is 6. The van der Waals surface area contributed by atoms with E-state index >= 15 is 0 Å². The van der Waals surface area contributed by atoms with E-state index in [0.717, 1.165) is 32.5 Å². The van der Waals surface area contributed by atoms with Gasteiger partial charge in [-0.3, -0.25) is 4.79 Å². The van der Waals surface area contributed by atoms with Gasteiger partial charge >= 0.3 is 0 Å². The van der Waals surface area contributed by atoms with Crippen LogP contribution in [0.1, 0.15) is 33.6 Å². The summed E-state index contributed by atoms with van der Waals surface area (Å²) >= 11 is 0. The van der Waals surface area contributed by atoms with Crippen molar-refractivity contribution < 1.29 is 9.53 Å². The molecule has 0 bridgehead atoms. The van der Waals surface area contributed by atoms with Gasteiger partial charge in [-0.05, 0) is 39.7 Å². The van der Waals surface area contributed by atoms with Gasteiger partial charge in [-0.15, -0.1) is 0 Å². The SMILES string of the molecule is CCN(CC)C(=O)C(C)NCC1CCC=CO1. The quantitative estimate of drug-likeness (QED) is 0.765. The highest BCUT2D eigenvalue weighted by atomic mass is 16.5. The first-order chi connectivity index (χ1) is 8.19. The molecule has 0 saturated carbocycles. The van der Waals surface area contributed by atoms with Crippen LogP contribution in [0.2, 0.25) is 0 Å². The lowest BCUT2D eigenvalue weighted by molar-refractivity contribution is -0.132. The monoisotopic (exact) mass is 240 g/mol. The molecule has 1 aliphatic heterocycles. The molecule has 98 valence electrons. The summed E-state index contributed by atoms with van der Waals surface area (Å²) in [6.07, 6.45) is 6.07. The molecule has 2 atom stereocenters. The first-order valence-corrected chi connectivity index (χ1v) is 6.51. The number of carbonyl (C=O) groups is 1. The molecule has 1 rings (SSSR count). The fourth-order valence-electron chi connectivity index (χ4n) is 1.94. The van der Waals surface area contributed by atoms with Crippen LogP contribution in [0, 0.1) is 0 Å². The predicted molar refractivity (Wildman–Crippen MR) is 68.6 cm³/mol. The number of hydrogen-bond acceptors (Lipinski definition) is 3. The maximum absolute atomic E-state index is 12.0. The first kappa shape index (κ1) is 14.0. The van der Waals surface area contributed by atoms with Crippen LogP contribution in [-0.2, 0) is 9.53 Å². The van der Waals surface area contributed by atoms with Crippen molar-refractivity contribution in [1.82, 2.24) is 10.2 Å². The second-order valence-corrected chi connectivity index (χ2v) is 4.35. The summed E-state index contributed by atoms with van der Waals surface area (Å²) < 4.78 is 5.45. The Balaban J connectivity index is 2.30. The van der Waals surface area contributed by atoms with E-state index in [1.165, 1.54) is 0 Å². The fourth-order valence-corrected chi connectivity index (χ4v) is 1.94. The Kier molecular flexibility index (Phi) is 6.05. The number of hydrogen-bond donors (Lipinski definition) is 1. The zero-order chi connectivity index (χ0) is 12.7. The van der Waals surface area contributed by atoms with Gasteiger partial charge < -0.3 is 15.0 Å². The minimum Gasteiger partial charge on any atom is -0.497 e. The Hall–Kier alpha value is -1.03. The molecule has 1 amide bonds. The predicted octanol–water partition coefficient (Wildman–Crippen LogP) is 1.53. The molecule has 0 saturated heterocycles. The van der Waals surface area contributed by atoms with E-state index < -0.39 is 0 Å². The van der Waals surface area contributed by atoms with Gasteiger partial charge in [-0.2, -0.15) is 0 Å². The first-order valence-electron chi connectivity index (χ1n) is 6.51. The molecule has 0 aliphatic carbocycles. The van der Waals surface area contributed by atoms with Crippen molar-refractivity contribution in [3.8, 4) is 0 Å². The minimum absolute atomic E-state index is 0.135. The van der Waals surface area contributed by atoms with Crippen LogP contribution in [-0.4, -0.2) is 42.6 Å². The van der Waals surface area contributed by atoms with Crippen molar-refractivity contribution in [2.75, 3.05) is 19.6 Å². The zero-order valence-corrected chi connectivity index (χ0v) is 11.1. The third-order valence-electron chi connectivity index (χ3n) is 3.12. The van der Waals surface area contributed by atoms with E-state index in [1.54, 1.807) is 6.26 Å². The molecule has 0 aromatic heterocycles. The molecular formula is C13H24N2O2. The summed E-state index contributed by atoms with van der Waals surface area (Å²) in [6, 6.07) is -0.135. The molecule has 1 N–H and O–H groups in total. The number of likely N-dealkylation sites (N-methyl/N-ethyl adjacent to an activating group) is 1. The van der Waals surface area contributed by atoms with Gasteiger partial charge in [0.1, 0.15) is 6.10 Å². The van der Waals surface area contributed by atoms with Crippen molar-refractivity contribution in [3.05, 3.63) is 12.3 Å². The number of nitrogens with one attached hydrogen (secondary N) is 1. The number of ether oxygens (including phenoxy) is 1. The van der Waals surface area contributed by atoms with Gasteiger partial charge in [0.25, 0.3) is 0 Å². The van der Waals surface area contributed by atoms with Crippen molar-refractivity contribution in [2.24, 2.45) is 0 Å². The molecule has 1 aliphatic rings. The van der Waals surface area contributed by atoms with Gasteiger partial charge in [0, 0.05) is 19.6 Å². The largest absolute Gasteiger partial charge is 0.497 e.